The van der Waals surface area contributed by atoms with Crippen LogP contribution in [-0.2, 0) is 10.8 Å². The van der Waals surface area contributed by atoms with Gasteiger partial charge in [-0.25, -0.2) is 4.98 Å². The topological polar surface area (TPSA) is 50.9 Å². The highest BCUT2D eigenvalue weighted by Gasteiger charge is 2.29. The highest BCUT2D eigenvalue weighted by molar-refractivity contribution is 5.98. The lowest BCUT2D eigenvalue weighted by Crippen LogP contribution is -2.17. The minimum Gasteiger partial charge on any atom is -0.507 e. The van der Waals surface area contributed by atoms with E-state index < -0.39 is 53.7 Å². The van der Waals surface area contributed by atoms with E-state index >= 15 is 0 Å². The maximum absolute atomic E-state index is 12.6. The van der Waals surface area contributed by atoms with E-state index in [2.05, 4.69) is 63.2 Å². The third-order valence-corrected chi connectivity index (χ3v) is 11.6. The van der Waals surface area contributed by atoms with Crippen LogP contribution in [0.25, 0.3) is 83.9 Å². The van der Waals surface area contributed by atoms with Crippen LogP contribution in [0.4, 0.5) is 0 Å². The van der Waals surface area contributed by atoms with Crippen molar-refractivity contribution in [3.63, 3.8) is 0 Å². The highest BCUT2D eigenvalue weighted by Crippen LogP contribution is 2.46. The molecule has 0 aliphatic carbocycles. The van der Waals surface area contributed by atoms with Crippen LogP contribution in [0, 0.1) is 0 Å². The van der Waals surface area contributed by atoms with Gasteiger partial charge in [-0.15, -0.1) is 0 Å². The molecule has 0 spiro atoms. The summed E-state index contributed by atoms with van der Waals surface area (Å²) in [6.45, 7) is 16.4. The van der Waals surface area contributed by atoms with Crippen molar-refractivity contribution in [2.75, 3.05) is 0 Å². The standard InChI is InChI=1S/C59H55N3O/c1-38(2)42-27-28-53(49(34-42)41-23-16-11-17-24-41)62-54-26-18-25-48(55(54)61-57(62)50-36-47(58(3,4)5)37-51(56(50)63)59(6,7)8)45-31-44(40-21-14-10-15-22-40)32-46(33-45)52-35-43(29-30-60-52)39-19-12-9-13-20-39/h9-38,63H,1-8H3/i9D,12D,13D,19D,20D,29D,30D,35D,38D. The van der Waals surface area contributed by atoms with Crippen LogP contribution in [0.1, 0.15) is 90.3 Å². The first-order chi connectivity index (χ1) is 33.9. The van der Waals surface area contributed by atoms with Gasteiger partial charge in [0.05, 0.1) is 38.9 Å². The molecular formula is C59H55N3O. The second-order valence-corrected chi connectivity index (χ2v) is 18.3. The van der Waals surface area contributed by atoms with Crippen LogP contribution in [0.15, 0.2) is 176 Å². The third-order valence-electron chi connectivity index (χ3n) is 11.6. The fraction of sp³-hybridized carbons (Fsp3) is 0.186. The average molecular weight is 831 g/mol. The maximum atomic E-state index is 12.6. The van der Waals surface area contributed by atoms with Gasteiger partial charge < -0.3 is 5.11 Å². The van der Waals surface area contributed by atoms with E-state index in [1.54, 1.807) is 0 Å². The highest BCUT2D eigenvalue weighted by atomic mass is 16.3. The van der Waals surface area contributed by atoms with E-state index in [1.165, 1.54) is 0 Å². The van der Waals surface area contributed by atoms with E-state index in [1.807, 2.05) is 129 Å². The summed E-state index contributed by atoms with van der Waals surface area (Å²) in [5, 5.41) is 12.6. The number of aromatic hydroxyl groups is 1. The van der Waals surface area contributed by atoms with Crippen LogP contribution in [0.5, 0.6) is 5.75 Å². The molecule has 0 aliphatic heterocycles. The van der Waals surface area contributed by atoms with Crippen molar-refractivity contribution < 1.29 is 17.4 Å². The second-order valence-electron chi connectivity index (χ2n) is 18.3. The Morgan fingerprint density at radius 1 is 0.587 bits per heavy atom. The number of imidazole rings is 1. The molecule has 7 aromatic carbocycles. The Labute approximate surface area is 385 Å². The number of benzene rings is 7. The molecule has 4 nitrogen and oxygen atoms in total. The average Bonchev–Trinajstić information content (AvgIpc) is 3.73. The maximum Gasteiger partial charge on any atom is 0.149 e. The van der Waals surface area contributed by atoms with Gasteiger partial charge in [0, 0.05) is 29.8 Å². The zero-order valence-corrected chi connectivity index (χ0v) is 36.9. The van der Waals surface area contributed by atoms with E-state index in [0.717, 1.165) is 50.1 Å². The molecule has 312 valence electrons. The van der Waals surface area contributed by atoms with E-state index in [9.17, 15) is 6.48 Å². The van der Waals surface area contributed by atoms with Gasteiger partial charge in [0.2, 0.25) is 0 Å². The summed E-state index contributed by atoms with van der Waals surface area (Å²) in [7, 11) is 0. The van der Waals surface area contributed by atoms with Gasteiger partial charge in [-0.2, -0.15) is 0 Å². The summed E-state index contributed by atoms with van der Waals surface area (Å²) in [5.74, 6) is -0.313. The van der Waals surface area contributed by atoms with Crippen LogP contribution in [-0.4, -0.2) is 19.6 Å². The Bertz CT molecular complexity index is 3600. The van der Waals surface area contributed by atoms with Gasteiger partial charge in [0.15, 0.2) is 0 Å². The number of phenols is 1. The van der Waals surface area contributed by atoms with Gasteiger partial charge in [-0.3, -0.25) is 9.55 Å². The molecule has 9 aromatic rings. The number of rotatable bonds is 8. The quantitative estimate of drug-likeness (QED) is 0.166. The largest absolute Gasteiger partial charge is 0.507 e. The number of phenolic OH excluding ortho intramolecular Hbond substituents is 1. The van der Waals surface area contributed by atoms with Gasteiger partial charge in [-0.05, 0) is 116 Å². The number of nitrogens with zero attached hydrogens (tertiary/aromatic N) is 3. The SMILES string of the molecule is [2H]c1nc(-c2cc(-c3ccccc3)cc(-c3cccc4c3nc(-c3cc(C(C)(C)C)cc(C(C)(C)C)c3O)n4-c3ccc(C([2H])(C)C)cc3-c3ccccc3)c2)c([2H])c(-c2c([2H])c([2H])c([2H])c([2H])c2[2H])c1[2H]. The molecule has 2 aromatic heterocycles. The fourth-order valence-electron chi connectivity index (χ4n) is 8.13. The molecule has 0 radical (unpaired) electrons. The number of hydrogen-bond acceptors (Lipinski definition) is 3. The van der Waals surface area contributed by atoms with Crippen molar-refractivity contribution in [2.45, 2.75) is 72.1 Å². The van der Waals surface area contributed by atoms with Crippen molar-refractivity contribution in [1.82, 2.24) is 14.5 Å². The summed E-state index contributed by atoms with van der Waals surface area (Å²) >= 11 is 0. The minimum atomic E-state index is -0.914. The molecule has 0 amide bonds. The zero-order chi connectivity index (χ0) is 51.9. The Balaban J connectivity index is 1.40. The first-order valence-electron chi connectivity index (χ1n) is 25.7. The molecule has 2 heterocycles. The number of pyridine rings is 1. The molecule has 0 atom stereocenters. The predicted molar refractivity (Wildman–Crippen MR) is 265 cm³/mol. The molecule has 63 heavy (non-hydrogen) atoms. The molecule has 4 heteroatoms. The predicted octanol–water partition coefficient (Wildman–Crippen LogP) is 15.8. The summed E-state index contributed by atoms with van der Waals surface area (Å²) in [4.78, 5) is 10.0. The Kier molecular flexibility index (Phi) is 8.24. The summed E-state index contributed by atoms with van der Waals surface area (Å²) in [5.41, 5.74) is 8.94. The fourth-order valence-corrected chi connectivity index (χ4v) is 8.13. The monoisotopic (exact) mass is 830 g/mol. The van der Waals surface area contributed by atoms with Crippen LogP contribution in [0.3, 0.4) is 0 Å². The van der Waals surface area contributed by atoms with Crippen LogP contribution in [0.2, 0.25) is 0 Å². The van der Waals surface area contributed by atoms with Crippen LogP contribution >= 0.6 is 0 Å². The molecule has 9 rings (SSSR count). The summed E-state index contributed by atoms with van der Waals surface area (Å²) in [6, 6.07) is 37.6. The van der Waals surface area contributed by atoms with Crippen molar-refractivity contribution in [3.05, 3.63) is 193 Å². The van der Waals surface area contributed by atoms with Crippen molar-refractivity contribution >= 4 is 11.0 Å². The first-order valence-corrected chi connectivity index (χ1v) is 21.2. The van der Waals surface area contributed by atoms with Crippen molar-refractivity contribution in [2.24, 2.45) is 0 Å². The Morgan fingerprint density at radius 2 is 1.27 bits per heavy atom. The van der Waals surface area contributed by atoms with Gasteiger partial charge in [-0.1, -0.05) is 171 Å². The molecule has 0 aliphatic rings. The summed E-state index contributed by atoms with van der Waals surface area (Å²) < 4.78 is 81.1. The molecule has 0 fully saturated rings. The normalized spacial score (nSPS) is 14.2. The van der Waals surface area contributed by atoms with Gasteiger partial charge >= 0.3 is 0 Å². The molecule has 0 saturated heterocycles. The lowest BCUT2D eigenvalue weighted by Gasteiger charge is -2.27. The lowest BCUT2D eigenvalue weighted by atomic mass is 9.79. The summed E-state index contributed by atoms with van der Waals surface area (Å²) in [6.07, 6.45) is -0.527. The smallest absolute Gasteiger partial charge is 0.149 e. The first kappa shape index (κ1) is 31.8. The number of aromatic nitrogens is 3. The number of hydrogen-bond donors (Lipinski definition) is 1. The molecule has 0 saturated carbocycles. The zero-order valence-electron chi connectivity index (χ0n) is 45.9. The number of para-hydroxylation sites is 1. The van der Waals surface area contributed by atoms with Gasteiger partial charge in [0.25, 0.3) is 0 Å². The second kappa shape index (κ2) is 16.3. The number of fused-ring (bicyclic) bond motifs is 1. The molecular weight excluding hydrogens is 767 g/mol. The molecule has 0 bridgehead atoms. The van der Waals surface area contributed by atoms with Crippen LogP contribution < -0.4 is 0 Å². The Morgan fingerprint density at radius 3 is 1.95 bits per heavy atom. The lowest BCUT2D eigenvalue weighted by molar-refractivity contribution is 0.446. The van der Waals surface area contributed by atoms with E-state index in [0.29, 0.717) is 33.6 Å². The van der Waals surface area contributed by atoms with Gasteiger partial charge in [0.1, 0.15) is 11.6 Å². The van der Waals surface area contributed by atoms with Crippen molar-refractivity contribution in [3.8, 4) is 78.6 Å². The molecule has 1 N–H and O–H groups in total. The Hall–Kier alpha value is -7.04. The van der Waals surface area contributed by atoms with E-state index in [4.69, 9.17) is 16.0 Å². The minimum absolute atomic E-state index is 0.0150. The third kappa shape index (κ3) is 8.10. The molecule has 0 unspecified atom stereocenters. The van der Waals surface area contributed by atoms with Crippen molar-refractivity contribution in [1.29, 1.82) is 0 Å². The van der Waals surface area contributed by atoms with E-state index in [-0.39, 0.29) is 34.0 Å².